The van der Waals surface area contributed by atoms with Crippen molar-refractivity contribution in [2.75, 3.05) is 21.3 Å². The molecule has 116 valence electrons. The van der Waals surface area contributed by atoms with Crippen molar-refractivity contribution < 1.29 is 14.3 Å². The van der Waals surface area contributed by atoms with Crippen LogP contribution < -0.4 is 9.47 Å². The van der Waals surface area contributed by atoms with E-state index in [1.807, 2.05) is 18.2 Å². The molecule has 0 spiro atoms. The Balaban J connectivity index is 2.23. The van der Waals surface area contributed by atoms with Crippen LogP contribution in [0.15, 0.2) is 36.5 Å². The highest BCUT2D eigenvalue weighted by Crippen LogP contribution is 2.29. The molecule has 0 radical (unpaired) electrons. The van der Waals surface area contributed by atoms with Crippen molar-refractivity contribution in [1.82, 2.24) is 9.88 Å². The minimum Gasteiger partial charge on any atom is -0.496 e. The maximum absolute atomic E-state index is 12.4. The zero-order valence-electron chi connectivity index (χ0n) is 12.7. The number of carbonyl (C=O) groups excluding carboxylic acids is 1. The predicted molar refractivity (Wildman–Crippen MR) is 84.6 cm³/mol. The second-order valence-electron chi connectivity index (χ2n) is 4.67. The van der Waals surface area contributed by atoms with Crippen LogP contribution in [0.3, 0.4) is 0 Å². The van der Waals surface area contributed by atoms with Gasteiger partial charge in [0.2, 0.25) is 0 Å². The van der Waals surface area contributed by atoms with Crippen molar-refractivity contribution in [2.45, 2.75) is 6.54 Å². The molecule has 1 aromatic carbocycles. The lowest BCUT2D eigenvalue weighted by molar-refractivity contribution is 0.0783. The van der Waals surface area contributed by atoms with E-state index in [9.17, 15) is 4.79 Å². The molecule has 0 bridgehead atoms. The number of hydrogen-bond acceptors (Lipinski definition) is 4. The minimum absolute atomic E-state index is 0.155. The van der Waals surface area contributed by atoms with Crippen LogP contribution in [-0.2, 0) is 6.54 Å². The van der Waals surface area contributed by atoms with Crippen molar-refractivity contribution >= 4 is 17.5 Å². The molecule has 0 N–H and O–H groups in total. The Morgan fingerprint density at radius 3 is 2.32 bits per heavy atom. The third-order valence-corrected chi connectivity index (χ3v) is 3.47. The van der Waals surface area contributed by atoms with Gasteiger partial charge in [0.15, 0.2) is 0 Å². The first-order valence-corrected chi connectivity index (χ1v) is 7.01. The number of methoxy groups -OCH3 is 2. The highest BCUT2D eigenvalue weighted by Gasteiger charge is 2.17. The van der Waals surface area contributed by atoms with E-state index in [4.69, 9.17) is 21.1 Å². The van der Waals surface area contributed by atoms with E-state index in [1.165, 1.54) is 6.20 Å². The van der Waals surface area contributed by atoms with Gasteiger partial charge in [0, 0.05) is 13.2 Å². The number of benzene rings is 1. The molecule has 2 aromatic rings. The monoisotopic (exact) mass is 320 g/mol. The number of rotatable bonds is 5. The average Bonchev–Trinajstić information content (AvgIpc) is 2.55. The van der Waals surface area contributed by atoms with E-state index in [-0.39, 0.29) is 5.91 Å². The first-order valence-electron chi connectivity index (χ1n) is 6.63. The fraction of sp³-hybridized carbons (Fsp3) is 0.250. The summed E-state index contributed by atoms with van der Waals surface area (Å²) in [4.78, 5) is 17.9. The quantitative estimate of drug-likeness (QED) is 0.795. The van der Waals surface area contributed by atoms with Crippen LogP contribution in [0.5, 0.6) is 11.5 Å². The summed E-state index contributed by atoms with van der Waals surface area (Å²) in [6.07, 6.45) is 1.46. The maximum atomic E-state index is 12.4. The molecule has 5 nitrogen and oxygen atoms in total. The third kappa shape index (κ3) is 3.49. The number of ether oxygens (including phenoxy) is 2. The van der Waals surface area contributed by atoms with Gasteiger partial charge in [-0.25, -0.2) is 4.98 Å². The summed E-state index contributed by atoms with van der Waals surface area (Å²) in [7, 11) is 4.88. The van der Waals surface area contributed by atoms with Gasteiger partial charge in [-0.1, -0.05) is 17.7 Å². The van der Waals surface area contributed by atoms with Crippen LogP contribution in [0.25, 0.3) is 0 Å². The Labute approximate surface area is 134 Å². The number of nitrogens with zero attached hydrogens (tertiary/aromatic N) is 2. The Kier molecular flexibility index (Phi) is 5.22. The normalized spacial score (nSPS) is 10.2. The summed E-state index contributed by atoms with van der Waals surface area (Å²) in [5, 5.41) is 0.352. The molecule has 0 fully saturated rings. The Morgan fingerprint density at radius 1 is 1.18 bits per heavy atom. The van der Waals surface area contributed by atoms with E-state index >= 15 is 0 Å². The standard InChI is InChI=1S/C16H17ClN2O3/c1-19(16(20)11-7-8-15(17)18-9-11)10-12-13(21-2)5-4-6-14(12)22-3/h4-9H,10H2,1-3H3. The maximum Gasteiger partial charge on any atom is 0.255 e. The predicted octanol–water partition coefficient (Wildman–Crippen LogP) is 3.02. The van der Waals surface area contributed by atoms with Gasteiger partial charge in [-0.2, -0.15) is 0 Å². The number of aromatic nitrogens is 1. The molecule has 1 heterocycles. The molecule has 0 saturated heterocycles. The molecule has 2 rings (SSSR count). The van der Waals surface area contributed by atoms with Gasteiger partial charge >= 0.3 is 0 Å². The molecule has 0 aliphatic carbocycles. The first kappa shape index (κ1) is 16.1. The Morgan fingerprint density at radius 2 is 1.82 bits per heavy atom. The van der Waals surface area contributed by atoms with E-state index in [2.05, 4.69) is 4.98 Å². The molecule has 6 heteroatoms. The first-order chi connectivity index (χ1) is 10.6. The topological polar surface area (TPSA) is 51.7 Å². The number of carbonyl (C=O) groups is 1. The molecule has 22 heavy (non-hydrogen) atoms. The van der Waals surface area contributed by atoms with Crippen LogP contribution in [0.2, 0.25) is 5.15 Å². The minimum atomic E-state index is -0.155. The van der Waals surface area contributed by atoms with Gasteiger partial charge < -0.3 is 14.4 Å². The largest absolute Gasteiger partial charge is 0.496 e. The fourth-order valence-electron chi connectivity index (χ4n) is 2.12. The number of halogens is 1. The summed E-state index contributed by atoms with van der Waals surface area (Å²) in [6.45, 7) is 0.356. The van der Waals surface area contributed by atoms with E-state index < -0.39 is 0 Å². The van der Waals surface area contributed by atoms with Crippen molar-refractivity contribution in [3.05, 3.63) is 52.8 Å². The molecule has 1 amide bonds. The average molecular weight is 321 g/mol. The Hall–Kier alpha value is -2.27. The van der Waals surface area contributed by atoms with Crippen molar-refractivity contribution in [3.8, 4) is 11.5 Å². The van der Waals surface area contributed by atoms with E-state index in [1.54, 1.807) is 38.3 Å². The molecule has 0 unspecified atom stereocenters. The summed E-state index contributed by atoms with van der Waals surface area (Å²) in [5.41, 5.74) is 1.28. The molecule has 1 aromatic heterocycles. The zero-order chi connectivity index (χ0) is 16.1. The molecule has 0 atom stereocenters. The lowest BCUT2D eigenvalue weighted by atomic mass is 10.1. The summed E-state index contributed by atoms with van der Waals surface area (Å²) in [6, 6.07) is 8.74. The molecular formula is C16H17ClN2O3. The number of pyridine rings is 1. The smallest absolute Gasteiger partial charge is 0.255 e. The summed E-state index contributed by atoms with van der Waals surface area (Å²) >= 11 is 5.74. The highest BCUT2D eigenvalue weighted by molar-refractivity contribution is 6.29. The zero-order valence-corrected chi connectivity index (χ0v) is 13.4. The van der Waals surface area contributed by atoms with Gasteiger partial charge in [0.25, 0.3) is 5.91 Å². The summed E-state index contributed by atoms with van der Waals surface area (Å²) in [5.74, 6) is 1.19. The second kappa shape index (κ2) is 7.13. The van der Waals surface area contributed by atoms with Crippen LogP contribution in [0, 0.1) is 0 Å². The lowest BCUT2D eigenvalue weighted by Crippen LogP contribution is -2.26. The van der Waals surface area contributed by atoms with Crippen molar-refractivity contribution in [2.24, 2.45) is 0 Å². The fourth-order valence-corrected chi connectivity index (χ4v) is 2.23. The number of amides is 1. The van der Waals surface area contributed by atoms with Crippen LogP contribution in [0.1, 0.15) is 15.9 Å². The van der Waals surface area contributed by atoms with Crippen molar-refractivity contribution in [3.63, 3.8) is 0 Å². The molecular weight excluding hydrogens is 304 g/mol. The SMILES string of the molecule is COc1cccc(OC)c1CN(C)C(=O)c1ccc(Cl)nc1. The van der Waals surface area contributed by atoms with Crippen LogP contribution in [0.4, 0.5) is 0 Å². The number of hydrogen-bond donors (Lipinski definition) is 0. The molecule has 0 aliphatic rings. The Bertz CT molecular complexity index is 637. The van der Waals surface area contributed by atoms with Gasteiger partial charge in [0.1, 0.15) is 16.7 Å². The molecule has 0 saturated carbocycles. The molecule has 0 aliphatic heterocycles. The highest BCUT2D eigenvalue weighted by atomic mass is 35.5. The van der Waals surface area contributed by atoms with Gasteiger partial charge in [0.05, 0.1) is 31.9 Å². The summed E-state index contributed by atoms with van der Waals surface area (Å²) < 4.78 is 10.7. The van der Waals surface area contributed by atoms with E-state index in [0.29, 0.717) is 28.8 Å². The van der Waals surface area contributed by atoms with Gasteiger partial charge in [-0.3, -0.25) is 4.79 Å². The van der Waals surface area contributed by atoms with Gasteiger partial charge in [-0.05, 0) is 24.3 Å². The van der Waals surface area contributed by atoms with Crippen LogP contribution >= 0.6 is 11.6 Å². The second-order valence-corrected chi connectivity index (χ2v) is 5.06. The lowest BCUT2D eigenvalue weighted by Gasteiger charge is -2.20. The van der Waals surface area contributed by atoms with Gasteiger partial charge in [-0.15, -0.1) is 0 Å². The van der Waals surface area contributed by atoms with Crippen LogP contribution in [-0.4, -0.2) is 37.1 Å². The van der Waals surface area contributed by atoms with Crippen molar-refractivity contribution in [1.29, 1.82) is 0 Å². The van der Waals surface area contributed by atoms with E-state index in [0.717, 1.165) is 5.56 Å². The third-order valence-electron chi connectivity index (χ3n) is 3.25.